The van der Waals surface area contributed by atoms with Crippen LogP contribution in [0.15, 0.2) is 46.9 Å². The number of rotatable bonds is 6. The van der Waals surface area contributed by atoms with Gasteiger partial charge in [0.05, 0.1) is 11.0 Å². The van der Waals surface area contributed by atoms with Crippen LogP contribution >= 0.6 is 15.9 Å². The van der Waals surface area contributed by atoms with Gasteiger partial charge in [0, 0.05) is 10.0 Å². The standard InChI is InChI=1S/C17H17BrN2O4/c1-11-4-3-5-15(17(11)20(22)23)24-10-16(21)19-12(2)13-6-8-14(18)9-7-13/h3-9,12H,10H2,1-2H3,(H,19,21). The lowest BCUT2D eigenvalue weighted by atomic mass is 10.1. The Morgan fingerprint density at radius 1 is 1.29 bits per heavy atom. The maximum absolute atomic E-state index is 12.0. The molecule has 0 bridgehead atoms. The van der Waals surface area contributed by atoms with E-state index in [4.69, 9.17) is 4.74 Å². The molecule has 0 spiro atoms. The maximum atomic E-state index is 12.0. The van der Waals surface area contributed by atoms with E-state index in [1.165, 1.54) is 6.07 Å². The lowest BCUT2D eigenvalue weighted by Gasteiger charge is -2.15. The maximum Gasteiger partial charge on any atom is 0.313 e. The molecule has 1 unspecified atom stereocenters. The van der Waals surface area contributed by atoms with Crippen molar-refractivity contribution in [3.8, 4) is 5.75 Å². The number of para-hydroxylation sites is 1. The second-order valence-corrected chi connectivity index (χ2v) is 6.22. The monoisotopic (exact) mass is 392 g/mol. The van der Waals surface area contributed by atoms with Gasteiger partial charge in [-0.25, -0.2) is 0 Å². The Morgan fingerprint density at radius 3 is 2.58 bits per heavy atom. The Morgan fingerprint density at radius 2 is 1.96 bits per heavy atom. The number of nitrogens with zero attached hydrogens (tertiary/aromatic N) is 1. The van der Waals surface area contributed by atoms with Crippen LogP contribution < -0.4 is 10.1 Å². The molecule has 0 aromatic heterocycles. The zero-order valence-corrected chi connectivity index (χ0v) is 14.9. The van der Waals surface area contributed by atoms with Crippen molar-refractivity contribution < 1.29 is 14.5 Å². The Bertz CT molecular complexity index is 747. The van der Waals surface area contributed by atoms with Crippen LogP contribution in [0.1, 0.15) is 24.1 Å². The minimum Gasteiger partial charge on any atom is -0.477 e. The summed E-state index contributed by atoms with van der Waals surface area (Å²) in [6.07, 6.45) is 0. The van der Waals surface area contributed by atoms with E-state index >= 15 is 0 Å². The third kappa shape index (κ3) is 4.55. The summed E-state index contributed by atoms with van der Waals surface area (Å²) in [5.74, 6) is -0.257. The van der Waals surface area contributed by atoms with Gasteiger partial charge in [0.25, 0.3) is 5.91 Å². The average molecular weight is 393 g/mol. The molecule has 1 N–H and O–H groups in total. The van der Waals surface area contributed by atoms with E-state index in [1.807, 2.05) is 31.2 Å². The first kappa shape index (κ1) is 17.9. The van der Waals surface area contributed by atoms with Gasteiger partial charge >= 0.3 is 5.69 Å². The molecule has 2 aromatic carbocycles. The molecular weight excluding hydrogens is 376 g/mol. The molecule has 0 radical (unpaired) electrons. The van der Waals surface area contributed by atoms with Crippen LogP contribution in [0.3, 0.4) is 0 Å². The molecule has 0 saturated carbocycles. The molecule has 0 heterocycles. The Kier molecular flexibility index (Phi) is 5.92. The zero-order valence-electron chi connectivity index (χ0n) is 13.3. The number of amides is 1. The fourth-order valence-electron chi connectivity index (χ4n) is 2.24. The predicted molar refractivity (Wildman–Crippen MR) is 94.0 cm³/mol. The fourth-order valence-corrected chi connectivity index (χ4v) is 2.51. The van der Waals surface area contributed by atoms with Gasteiger partial charge in [0.2, 0.25) is 0 Å². The molecule has 0 saturated heterocycles. The number of hydrogen-bond donors (Lipinski definition) is 1. The molecule has 1 atom stereocenters. The van der Waals surface area contributed by atoms with Crippen molar-refractivity contribution in [2.75, 3.05) is 6.61 Å². The summed E-state index contributed by atoms with van der Waals surface area (Å²) in [6, 6.07) is 12.2. The lowest BCUT2D eigenvalue weighted by molar-refractivity contribution is -0.386. The summed E-state index contributed by atoms with van der Waals surface area (Å²) in [5.41, 5.74) is 1.32. The highest BCUT2D eigenvalue weighted by molar-refractivity contribution is 9.10. The largest absolute Gasteiger partial charge is 0.477 e. The molecule has 1 amide bonds. The third-order valence-corrected chi connectivity index (χ3v) is 4.02. The number of hydrogen-bond acceptors (Lipinski definition) is 4. The molecular formula is C17H17BrN2O4. The van der Waals surface area contributed by atoms with Gasteiger partial charge in [-0.3, -0.25) is 14.9 Å². The van der Waals surface area contributed by atoms with Crippen molar-refractivity contribution in [2.24, 2.45) is 0 Å². The number of carbonyl (C=O) groups excluding carboxylic acids is 1. The van der Waals surface area contributed by atoms with Crippen molar-refractivity contribution in [3.63, 3.8) is 0 Å². The lowest BCUT2D eigenvalue weighted by Crippen LogP contribution is -2.31. The highest BCUT2D eigenvalue weighted by atomic mass is 79.9. The van der Waals surface area contributed by atoms with Crippen molar-refractivity contribution in [3.05, 3.63) is 68.2 Å². The smallest absolute Gasteiger partial charge is 0.313 e. The summed E-state index contributed by atoms with van der Waals surface area (Å²) in [6.45, 7) is 3.20. The number of ether oxygens (including phenoxy) is 1. The molecule has 7 heteroatoms. The van der Waals surface area contributed by atoms with Crippen molar-refractivity contribution in [1.82, 2.24) is 5.32 Å². The Hall–Kier alpha value is -2.41. The van der Waals surface area contributed by atoms with Crippen molar-refractivity contribution >= 4 is 27.5 Å². The topological polar surface area (TPSA) is 81.5 Å². The fraction of sp³-hybridized carbons (Fsp3) is 0.235. The first-order valence-corrected chi connectivity index (χ1v) is 8.09. The first-order chi connectivity index (χ1) is 11.4. The summed E-state index contributed by atoms with van der Waals surface area (Å²) >= 11 is 3.36. The van der Waals surface area contributed by atoms with E-state index in [-0.39, 0.29) is 30.0 Å². The highest BCUT2D eigenvalue weighted by Gasteiger charge is 2.19. The van der Waals surface area contributed by atoms with Crippen LogP contribution in [-0.4, -0.2) is 17.4 Å². The van der Waals surface area contributed by atoms with Gasteiger partial charge in [0.15, 0.2) is 12.4 Å². The Balaban J connectivity index is 1.97. The number of halogens is 1. The molecule has 2 rings (SSSR count). The Labute approximate surface area is 148 Å². The van der Waals surface area contributed by atoms with E-state index in [2.05, 4.69) is 21.2 Å². The quantitative estimate of drug-likeness (QED) is 0.596. The second-order valence-electron chi connectivity index (χ2n) is 5.31. The van der Waals surface area contributed by atoms with Gasteiger partial charge in [0.1, 0.15) is 0 Å². The molecule has 24 heavy (non-hydrogen) atoms. The highest BCUT2D eigenvalue weighted by Crippen LogP contribution is 2.30. The van der Waals surface area contributed by atoms with Gasteiger partial charge in [-0.1, -0.05) is 40.2 Å². The molecule has 0 aliphatic heterocycles. The van der Waals surface area contributed by atoms with E-state index in [0.29, 0.717) is 5.56 Å². The number of nitro benzene ring substituents is 1. The molecule has 6 nitrogen and oxygen atoms in total. The van der Waals surface area contributed by atoms with E-state index in [9.17, 15) is 14.9 Å². The SMILES string of the molecule is Cc1cccc(OCC(=O)NC(C)c2ccc(Br)cc2)c1[N+](=O)[O-]. The van der Waals surface area contributed by atoms with Gasteiger partial charge in [-0.2, -0.15) is 0 Å². The minimum atomic E-state index is -0.507. The van der Waals surface area contributed by atoms with E-state index in [1.54, 1.807) is 19.1 Å². The van der Waals surface area contributed by atoms with E-state index < -0.39 is 4.92 Å². The molecule has 2 aromatic rings. The van der Waals surface area contributed by atoms with E-state index in [0.717, 1.165) is 10.0 Å². The minimum absolute atomic E-state index is 0.0893. The predicted octanol–water partition coefficient (Wildman–Crippen LogP) is 3.92. The molecule has 0 aliphatic carbocycles. The second kappa shape index (κ2) is 7.92. The van der Waals surface area contributed by atoms with Gasteiger partial charge in [-0.05, 0) is 37.6 Å². The molecule has 0 fully saturated rings. The number of benzene rings is 2. The molecule has 0 aliphatic rings. The van der Waals surface area contributed by atoms with Gasteiger partial charge < -0.3 is 10.1 Å². The summed E-state index contributed by atoms with van der Waals surface area (Å²) in [4.78, 5) is 22.6. The summed E-state index contributed by atoms with van der Waals surface area (Å²) in [5, 5.41) is 13.9. The summed E-state index contributed by atoms with van der Waals surface area (Å²) in [7, 11) is 0. The first-order valence-electron chi connectivity index (χ1n) is 7.30. The number of nitro groups is 1. The van der Waals surface area contributed by atoms with Crippen LogP contribution in [0.5, 0.6) is 5.75 Å². The van der Waals surface area contributed by atoms with Crippen LogP contribution in [0, 0.1) is 17.0 Å². The zero-order chi connectivity index (χ0) is 17.7. The van der Waals surface area contributed by atoms with Crippen LogP contribution in [0.25, 0.3) is 0 Å². The number of aryl methyl sites for hydroxylation is 1. The summed E-state index contributed by atoms with van der Waals surface area (Å²) < 4.78 is 6.29. The number of nitrogens with one attached hydrogen (secondary N) is 1. The third-order valence-electron chi connectivity index (χ3n) is 3.49. The van der Waals surface area contributed by atoms with Crippen LogP contribution in [-0.2, 0) is 4.79 Å². The normalized spacial score (nSPS) is 11.6. The van der Waals surface area contributed by atoms with Crippen molar-refractivity contribution in [1.29, 1.82) is 0 Å². The van der Waals surface area contributed by atoms with Crippen LogP contribution in [0.4, 0.5) is 5.69 Å². The number of carbonyl (C=O) groups is 1. The van der Waals surface area contributed by atoms with Crippen LogP contribution in [0.2, 0.25) is 0 Å². The van der Waals surface area contributed by atoms with Gasteiger partial charge in [-0.15, -0.1) is 0 Å². The average Bonchev–Trinajstić information content (AvgIpc) is 2.53. The molecule has 126 valence electrons. The van der Waals surface area contributed by atoms with Crippen molar-refractivity contribution in [2.45, 2.75) is 19.9 Å².